The van der Waals surface area contributed by atoms with Crippen LogP contribution in [0.4, 0.5) is 0 Å². The fourth-order valence-electron chi connectivity index (χ4n) is 12.7. The van der Waals surface area contributed by atoms with Gasteiger partial charge in [-0.05, 0) is 77.6 Å². The molecule has 4 heterocycles. The average molecular weight is 1050 g/mol. The van der Waals surface area contributed by atoms with Crippen LogP contribution in [0.3, 0.4) is 0 Å². The van der Waals surface area contributed by atoms with Gasteiger partial charge in [0, 0.05) is 51.0 Å². The van der Waals surface area contributed by atoms with E-state index in [1.54, 1.807) is 14.2 Å². The molecule has 0 radical (unpaired) electrons. The quantitative estimate of drug-likeness (QED) is 0.0268. The van der Waals surface area contributed by atoms with Crippen LogP contribution in [0.15, 0.2) is 60.7 Å². The number of hydrogen-bond donors (Lipinski definition) is 2. The van der Waals surface area contributed by atoms with Crippen LogP contribution < -0.4 is 28.4 Å². The molecule has 0 aromatic heterocycles. The third-order valence-corrected chi connectivity index (χ3v) is 17.2. The summed E-state index contributed by atoms with van der Waals surface area (Å²) in [4.78, 5) is 40.8. The number of ether oxygens (including phenoxy) is 6. The lowest BCUT2D eigenvalue weighted by Gasteiger charge is -2.49. The summed E-state index contributed by atoms with van der Waals surface area (Å²) in [6, 6.07) is 17.5. The van der Waals surface area contributed by atoms with E-state index in [9.17, 15) is 24.6 Å². The molecule has 0 saturated heterocycles. The zero-order valence-corrected chi connectivity index (χ0v) is 47.0. The van der Waals surface area contributed by atoms with Crippen molar-refractivity contribution >= 4 is 17.9 Å². The lowest BCUT2D eigenvalue weighted by molar-refractivity contribution is -0.956. The summed E-state index contributed by atoms with van der Waals surface area (Å²) in [5, 5.41) is 22.6. The van der Waals surface area contributed by atoms with Gasteiger partial charge in [-0.15, -0.1) is 0 Å². The van der Waals surface area contributed by atoms with Crippen molar-refractivity contribution in [2.24, 2.45) is 0 Å². The maximum Gasteiger partial charge on any atom is 0.362 e. The molecule has 4 aromatic rings. The Morgan fingerprint density at radius 1 is 0.579 bits per heavy atom. The van der Waals surface area contributed by atoms with Crippen LogP contribution in [0, 0.1) is 0 Å². The highest BCUT2D eigenvalue weighted by Gasteiger charge is 2.51. The van der Waals surface area contributed by atoms with Crippen molar-refractivity contribution in [3.63, 3.8) is 0 Å². The predicted octanol–water partition coefficient (Wildman–Crippen LogP) is 14.1. The minimum absolute atomic E-state index is 0.0862. The van der Waals surface area contributed by atoms with Gasteiger partial charge in [0.1, 0.15) is 17.8 Å². The number of carboxylic acid groups (broad SMARTS) is 2. The first kappa shape index (κ1) is 57.9. The Labute approximate surface area is 453 Å². The van der Waals surface area contributed by atoms with Crippen LogP contribution >= 0.6 is 0 Å². The number of fused-ring (bicyclic) bond motifs is 2. The highest BCUT2D eigenvalue weighted by atomic mass is 16.6. The highest BCUT2D eigenvalue weighted by Crippen LogP contribution is 2.55. The predicted molar refractivity (Wildman–Crippen MR) is 297 cm³/mol. The number of carbonyl (C=O) groups excluding carboxylic acids is 1. The maximum absolute atomic E-state index is 13.9. The lowest BCUT2D eigenvalue weighted by Crippen LogP contribution is -2.61. The minimum Gasteiger partial charge on any atom is -0.493 e. The first-order valence-corrected chi connectivity index (χ1v) is 28.6. The fourth-order valence-corrected chi connectivity index (χ4v) is 12.7. The van der Waals surface area contributed by atoms with Gasteiger partial charge in [0.05, 0.1) is 54.1 Å². The summed E-state index contributed by atoms with van der Waals surface area (Å²) in [5.41, 5.74) is 5.50. The fraction of sp³-hybridized carbons (Fsp3) is 0.571. The van der Waals surface area contributed by atoms with Gasteiger partial charge in [-0.2, -0.15) is 0 Å². The number of likely N-dealkylation sites (N-methyl/N-ethyl adjacent to an activating group) is 2. The molecule has 4 aliphatic rings. The maximum atomic E-state index is 13.9. The summed E-state index contributed by atoms with van der Waals surface area (Å²) in [7, 11) is 8.92. The minimum atomic E-state index is -0.864. The highest BCUT2D eigenvalue weighted by molar-refractivity contribution is 5.75. The van der Waals surface area contributed by atoms with Gasteiger partial charge in [0.25, 0.3) is 0 Å². The third-order valence-electron chi connectivity index (χ3n) is 17.2. The standard InChI is InChI=1S/C63H86N2O11/c1-9-11-13-15-17-19-21-23-25-50(62(67)68)64(4)35-33-46-40-55(72-7)57-42-49(46)52(64)37-44-27-30-48(31-28-44)75-56-39-45(29-32-54(56)71-6)38-53-59-47(41-58(73-8)60(61(59)76-57)74-43(3)66)34-36-65(53,5)51(63(69)70)26-24-22-20-18-16-14-12-10-2/h27-32,39-42,50-53H,9-26,33-38H2,1-8H3/p+2. The Hall–Kier alpha value is -5.79. The van der Waals surface area contributed by atoms with Crippen molar-refractivity contribution in [1.29, 1.82) is 0 Å². The Morgan fingerprint density at radius 2 is 1.07 bits per heavy atom. The van der Waals surface area contributed by atoms with Crippen LogP contribution in [0.1, 0.15) is 182 Å². The number of carboxylic acids is 2. The second-order valence-electron chi connectivity index (χ2n) is 22.3. The van der Waals surface area contributed by atoms with E-state index in [0.717, 1.165) is 84.7 Å². The summed E-state index contributed by atoms with van der Waals surface area (Å²) in [6.07, 6.45) is 20.8. The first-order valence-electron chi connectivity index (χ1n) is 28.6. The summed E-state index contributed by atoms with van der Waals surface area (Å²) in [6.45, 7) is 6.90. The zero-order valence-electron chi connectivity index (χ0n) is 47.0. The van der Waals surface area contributed by atoms with Crippen molar-refractivity contribution < 1.29 is 62.0 Å². The zero-order chi connectivity index (χ0) is 54.4. The van der Waals surface area contributed by atoms with E-state index in [2.05, 4.69) is 40.1 Å². The van der Waals surface area contributed by atoms with Crippen LogP contribution in [-0.4, -0.2) is 97.7 Å². The molecule has 414 valence electrons. The molecule has 4 aliphatic heterocycles. The van der Waals surface area contributed by atoms with E-state index in [4.69, 9.17) is 28.4 Å². The van der Waals surface area contributed by atoms with Crippen molar-refractivity contribution in [2.45, 2.75) is 186 Å². The molecular weight excluding hydrogens is 961 g/mol. The van der Waals surface area contributed by atoms with Gasteiger partial charge >= 0.3 is 17.9 Å². The summed E-state index contributed by atoms with van der Waals surface area (Å²) < 4.78 is 38.8. The number of quaternary nitrogens is 2. The van der Waals surface area contributed by atoms with E-state index in [0.29, 0.717) is 86.1 Å². The number of rotatable bonds is 26. The molecule has 0 aliphatic carbocycles. The van der Waals surface area contributed by atoms with E-state index in [1.165, 1.54) is 65.4 Å². The number of hydrogen-bond acceptors (Lipinski definition) is 9. The Balaban J connectivity index is 1.41. The molecule has 0 spiro atoms. The van der Waals surface area contributed by atoms with Crippen molar-refractivity contribution in [2.75, 3.05) is 48.5 Å². The van der Waals surface area contributed by atoms with Crippen LogP contribution in [0.2, 0.25) is 0 Å². The summed E-state index contributed by atoms with van der Waals surface area (Å²) in [5.74, 6) is 0.877. The molecule has 0 amide bonds. The normalized spacial score (nSPS) is 20.4. The SMILES string of the molecule is CCCCCCCCCCC(C(=O)O)[N+]1(C)CCc2cc(OC)c3cc2C1Cc1ccc(cc1)Oc1cc(ccc1OC)CC1c2c(cc(OC)c(OC(C)=O)c2O3)CC[N+]1(C)C(CCCCCCCCCC)C(=O)O. The third kappa shape index (κ3) is 13.5. The van der Waals surface area contributed by atoms with Gasteiger partial charge in [0.15, 0.2) is 46.6 Å². The molecule has 6 unspecified atom stereocenters. The topological polar surface area (TPSA) is 147 Å². The molecule has 2 N–H and O–H groups in total. The molecule has 13 heteroatoms. The molecule has 0 fully saturated rings. The van der Waals surface area contributed by atoms with Crippen LogP contribution in [0.5, 0.6) is 46.0 Å². The average Bonchev–Trinajstić information content (AvgIpc) is 3.44. The van der Waals surface area contributed by atoms with Gasteiger partial charge in [-0.25, -0.2) is 9.59 Å². The smallest absolute Gasteiger partial charge is 0.362 e. The largest absolute Gasteiger partial charge is 0.493 e. The molecule has 6 atom stereocenters. The molecule has 4 aromatic carbocycles. The number of nitrogens with zero attached hydrogens (tertiary/aromatic N) is 2. The van der Waals surface area contributed by atoms with E-state index in [-0.39, 0.29) is 26.5 Å². The Kier molecular flexibility index (Phi) is 20.6. The molecule has 13 nitrogen and oxygen atoms in total. The first-order chi connectivity index (χ1) is 36.7. The van der Waals surface area contributed by atoms with Crippen molar-refractivity contribution in [1.82, 2.24) is 0 Å². The van der Waals surface area contributed by atoms with Gasteiger partial charge in [0.2, 0.25) is 5.75 Å². The van der Waals surface area contributed by atoms with Crippen molar-refractivity contribution in [3.05, 3.63) is 94.0 Å². The van der Waals surface area contributed by atoms with E-state index < -0.39 is 36.0 Å². The van der Waals surface area contributed by atoms with Gasteiger partial charge in [-0.3, -0.25) is 4.79 Å². The number of benzene rings is 4. The molecule has 0 saturated carbocycles. The monoisotopic (exact) mass is 1050 g/mol. The number of methoxy groups -OCH3 is 3. The van der Waals surface area contributed by atoms with Gasteiger partial charge in [-0.1, -0.05) is 122 Å². The Bertz CT molecular complexity index is 2600. The van der Waals surface area contributed by atoms with Crippen molar-refractivity contribution in [3.8, 4) is 46.0 Å². The molecule has 8 rings (SSSR count). The summed E-state index contributed by atoms with van der Waals surface area (Å²) >= 11 is 0. The Morgan fingerprint density at radius 3 is 1.61 bits per heavy atom. The molecular formula is C63H88N2O11+2. The van der Waals surface area contributed by atoms with Crippen LogP contribution in [-0.2, 0) is 40.1 Å². The second kappa shape index (κ2) is 27.0. The number of esters is 1. The second-order valence-corrected chi connectivity index (χ2v) is 22.3. The van der Waals surface area contributed by atoms with E-state index in [1.807, 2.05) is 48.5 Å². The number of unbranched alkanes of at least 4 members (excludes halogenated alkanes) is 14. The van der Waals surface area contributed by atoms with Gasteiger partial charge < -0.3 is 47.6 Å². The van der Waals surface area contributed by atoms with E-state index >= 15 is 0 Å². The molecule has 6 bridgehead atoms. The lowest BCUT2D eigenvalue weighted by atomic mass is 9.83. The van der Waals surface area contributed by atoms with Crippen LogP contribution in [0.25, 0.3) is 0 Å². The molecule has 76 heavy (non-hydrogen) atoms. The number of carbonyl (C=O) groups is 3. The number of aliphatic carboxylic acids is 2.